The standard InChI is InChI=1S/C78H152O17P2/c1-8-10-11-12-13-14-30-38-45-52-59-75(80)88-66-74(95-78(83)62-55-48-41-34-33-37-44-51-58-71(7)9-2)68-93-97(86,87)91-64-72(79)63-90-96(84,85)92-67-73(65-89-76(81)60-53-46-39-31-27-23-25-29-36-43-50-57-70(5)6)94-77(82)61-54-47-40-32-26-22-20-18-16-15-17-19-21-24-28-35-42-49-56-69(3)4/h69-74,79H,8-68H2,1-7H3,(H,84,85)(H,86,87)/t71?,72-,73-,74-/m1/s1. The molecular formula is C78H152O17P2. The van der Waals surface area contributed by atoms with Crippen LogP contribution in [0.1, 0.15) is 402 Å². The first-order chi connectivity index (χ1) is 46.8. The van der Waals surface area contributed by atoms with Crippen LogP contribution in [0.5, 0.6) is 0 Å². The highest BCUT2D eigenvalue weighted by molar-refractivity contribution is 7.47. The number of esters is 4. The smallest absolute Gasteiger partial charge is 0.462 e. The summed E-state index contributed by atoms with van der Waals surface area (Å²) >= 11 is 0. The Labute approximate surface area is 594 Å². The minimum atomic E-state index is -4.96. The van der Waals surface area contributed by atoms with Crippen molar-refractivity contribution in [2.24, 2.45) is 17.8 Å². The molecule has 0 saturated carbocycles. The molecule has 0 amide bonds. The summed E-state index contributed by atoms with van der Waals surface area (Å²) in [5.41, 5.74) is 0. The van der Waals surface area contributed by atoms with Gasteiger partial charge in [0.25, 0.3) is 0 Å². The first-order valence-corrected chi connectivity index (χ1v) is 43.4. The van der Waals surface area contributed by atoms with E-state index in [1.54, 1.807) is 0 Å². The summed E-state index contributed by atoms with van der Waals surface area (Å²) < 4.78 is 68.6. The Morgan fingerprint density at radius 3 is 0.784 bits per heavy atom. The quantitative estimate of drug-likeness (QED) is 0.0222. The van der Waals surface area contributed by atoms with Gasteiger partial charge in [0.15, 0.2) is 12.2 Å². The topological polar surface area (TPSA) is 237 Å². The molecule has 0 aromatic carbocycles. The van der Waals surface area contributed by atoms with Crippen molar-refractivity contribution in [1.82, 2.24) is 0 Å². The summed E-state index contributed by atoms with van der Waals surface area (Å²) in [4.78, 5) is 72.8. The second-order valence-corrected chi connectivity index (χ2v) is 32.2. The molecule has 0 aromatic heterocycles. The molecule has 0 spiro atoms. The molecule has 0 radical (unpaired) electrons. The van der Waals surface area contributed by atoms with E-state index in [2.05, 4.69) is 48.5 Å². The average molecular weight is 1420 g/mol. The maximum absolute atomic E-state index is 13.1. The van der Waals surface area contributed by atoms with Gasteiger partial charge in [-0.05, 0) is 43.4 Å². The molecule has 0 fully saturated rings. The van der Waals surface area contributed by atoms with Crippen molar-refractivity contribution in [1.29, 1.82) is 0 Å². The molecule has 0 aliphatic heterocycles. The van der Waals surface area contributed by atoms with Crippen molar-refractivity contribution >= 4 is 39.5 Å². The van der Waals surface area contributed by atoms with E-state index in [9.17, 15) is 43.2 Å². The lowest BCUT2D eigenvalue weighted by Crippen LogP contribution is -2.30. The number of phosphoric acid groups is 2. The van der Waals surface area contributed by atoms with E-state index < -0.39 is 97.5 Å². The van der Waals surface area contributed by atoms with E-state index >= 15 is 0 Å². The van der Waals surface area contributed by atoms with E-state index in [-0.39, 0.29) is 25.7 Å². The third kappa shape index (κ3) is 70.9. The number of rotatable bonds is 76. The fourth-order valence-electron chi connectivity index (χ4n) is 11.9. The van der Waals surface area contributed by atoms with Crippen LogP contribution in [-0.4, -0.2) is 96.7 Å². The monoisotopic (exact) mass is 1420 g/mol. The van der Waals surface area contributed by atoms with Crippen LogP contribution in [0.2, 0.25) is 0 Å². The predicted molar refractivity (Wildman–Crippen MR) is 395 cm³/mol. The summed E-state index contributed by atoms with van der Waals surface area (Å²) in [6.45, 7) is 11.9. The SMILES string of the molecule is CCCCCCCCCCCCC(=O)OC[C@H](COP(=O)(O)OC[C@H](O)COP(=O)(O)OC[C@@H](COC(=O)CCCCCCCCCCCCCC(C)C)OC(=O)CCCCCCCCCCCCCCCCCCCCC(C)C)OC(=O)CCCCCCCCCCC(C)CC. The van der Waals surface area contributed by atoms with E-state index in [0.29, 0.717) is 25.7 Å². The van der Waals surface area contributed by atoms with Gasteiger partial charge in [-0.25, -0.2) is 9.13 Å². The fraction of sp³-hybridized carbons (Fsp3) is 0.949. The average Bonchev–Trinajstić information content (AvgIpc) is 1.16. The summed E-state index contributed by atoms with van der Waals surface area (Å²) in [6.07, 6.45) is 55.5. The van der Waals surface area contributed by atoms with Crippen LogP contribution in [0.15, 0.2) is 0 Å². The summed E-state index contributed by atoms with van der Waals surface area (Å²) in [6, 6.07) is 0. The number of hydrogen-bond acceptors (Lipinski definition) is 15. The molecule has 0 aliphatic rings. The molecule has 0 bridgehead atoms. The van der Waals surface area contributed by atoms with Gasteiger partial charge in [0.1, 0.15) is 19.3 Å². The third-order valence-corrected chi connectivity index (χ3v) is 20.4. The number of unbranched alkanes of at least 4 members (excludes halogenated alkanes) is 43. The van der Waals surface area contributed by atoms with Gasteiger partial charge in [-0.1, -0.05) is 350 Å². The van der Waals surface area contributed by atoms with Gasteiger partial charge in [-0.15, -0.1) is 0 Å². The van der Waals surface area contributed by atoms with Crippen molar-refractivity contribution in [2.75, 3.05) is 39.6 Å². The minimum Gasteiger partial charge on any atom is -0.462 e. The van der Waals surface area contributed by atoms with Gasteiger partial charge in [0, 0.05) is 25.7 Å². The first kappa shape index (κ1) is 95.1. The van der Waals surface area contributed by atoms with Crippen LogP contribution in [-0.2, 0) is 65.4 Å². The number of aliphatic hydroxyl groups excluding tert-OH is 1. The molecule has 0 aliphatic carbocycles. The molecule has 0 heterocycles. The lowest BCUT2D eigenvalue weighted by atomic mass is 9.99. The zero-order valence-electron chi connectivity index (χ0n) is 63.5. The Bertz CT molecular complexity index is 1890. The minimum absolute atomic E-state index is 0.105. The molecule has 19 heteroatoms. The highest BCUT2D eigenvalue weighted by Crippen LogP contribution is 2.45. The van der Waals surface area contributed by atoms with Crippen LogP contribution in [0.4, 0.5) is 0 Å². The highest BCUT2D eigenvalue weighted by atomic mass is 31.2. The number of aliphatic hydroxyl groups is 1. The summed E-state index contributed by atoms with van der Waals surface area (Å²) in [5.74, 6) is 0.244. The molecule has 3 unspecified atom stereocenters. The number of hydrogen-bond donors (Lipinski definition) is 3. The van der Waals surface area contributed by atoms with Gasteiger partial charge >= 0.3 is 39.5 Å². The Hall–Kier alpha value is -1.94. The van der Waals surface area contributed by atoms with E-state index in [1.807, 2.05) is 0 Å². The maximum Gasteiger partial charge on any atom is 0.472 e. The fourth-order valence-corrected chi connectivity index (χ4v) is 13.5. The van der Waals surface area contributed by atoms with Crippen molar-refractivity contribution in [3.63, 3.8) is 0 Å². The lowest BCUT2D eigenvalue weighted by molar-refractivity contribution is -0.161. The zero-order valence-corrected chi connectivity index (χ0v) is 65.3. The van der Waals surface area contributed by atoms with Crippen LogP contribution >= 0.6 is 15.6 Å². The van der Waals surface area contributed by atoms with Crippen LogP contribution in [0.25, 0.3) is 0 Å². The molecule has 576 valence electrons. The Kier molecular flexibility index (Phi) is 67.1. The highest BCUT2D eigenvalue weighted by Gasteiger charge is 2.30. The van der Waals surface area contributed by atoms with Crippen molar-refractivity contribution in [3.05, 3.63) is 0 Å². The lowest BCUT2D eigenvalue weighted by Gasteiger charge is -2.21. The molecule has 6 atom stereocenters. The molecule has 0 saturated heterocycles. The molecule has 97 heavy (non-hydrogen) atoms. The van der Waals surface area contributed by atoms with Gasteiger partial charge < -0.3 is 33.8 Å². The van der Waals surface area contributed by atoms with Crippen LogP contribution < -0.4 is 0 Å². The normalized spacial score (nSPS) is 14.3. The van der Waals surface area contributed by atoms with E-state index in [4.69, 9.17) is 37.0 Å². The first-order valence-electron chi connectivity index (χ1n) is 40.4. The van der Waals surface area contributed by atoms with Crippen molar-refractivity contribution in [3.8, 4) is 0 Å². The van der Waals surface area contributed by atoms with Gasteiger partial charge in [-0.3, -0.25) is 37.3 Å². The van der Waals surface area contributed by atoms with Gasteiger partial charge in [-0.2, -0.15) is 0 Å². The van der Waals surface area contributed by atoms with Crippen LogP contribution in [0.3, 0.4) is 0 Å². The largest absolute Gasteiger partial charge is 0.472 e. The zero-order chi connectivity index (χ0) is 71.6. The van der Waals surface area contributed by atoms with Crippen molar-refractivity contribution < 1.29 is 80.2 Å². The summed E-state index contributed by atoms with van der Waals surface area (Å²) in [5, 5.41) is 10.6. The van der Waals surface area contributed by atoms with Gasteiger partial charge in [0.05, 0.1) is 26.4 Å². The molecular weight excluding hydrogens is 1270 g/mol. The Morgan fingerprint density at radius 1 is 0.299 bits per heavy atom. The molecule has 3 N–H and O–H groups in total. The number of carbonyl (C=O) groups is 4. The predicted octanol–water partition coefficient (Wildman–Crippen LogP) is 23.0. The number of phosphoric ester groups is 2. The Morgan fingerprint density at radius 2 is 0.526 bits per heavy atom. The number of carbonyl (C=O) groups excluding carboxylic acids is 4. The second kappa shape index (κ2) is 68.5. The van der Waals surface area contributed by atoms with Gasteiger partial charge in [0.2, 0.25) is 0 Å². The van der Waals surface area contributed by atoms with E-state index in [1.165, 1.54) is 212 Å². The summed E-state index contributed by atoms with van der Waals surface area (Å²) in [7, 11) is -9.91. The van der Waals surface area contributed by atoms with E-state index in [0.717, 1.165) is 108 Å². The third-order valence-electron chi connectivity index (χ3n) is 18.5. The molecule has 17 nitrogen and oxygen atoms in total. The van der Waals surface area contributed by atoms with Crippen molar-refractivity contribution in [2.45, 2.75) is 420 Å². The Balaban J connectivity index is 5.21. The molecule has 0 aromatic rings. The molecule has 0 rings (SSSR count). The second-order valence-electron chi connectivity index (χ2n) is 29.3. The number of ether oxygens (including phenoxy) is 4. The maximum atomic E-state index is 13.1. The van der Waals surface area contributed by atoms with Crippen LogP contribution in [0, 0.1) is 17.8 Å².